The number of H-pyrrole nitrogens is 1. The van der Waals surface area contributed by atoms with Gasteiger partial charge in [-0.1, -0.05) is 19.3 Å². The van der Waals surface area contributed by atoms with E-state index in [0.717, 1.165) is 31.2 Å². The van der Waals surface area contributed by atoms with Crippen LogP contribution in [-0.2, 0) is 4.79 Å². The molecule has 2 aromatic rings. The Morgan fingerprint density at radius 1 is 1.33 bits per heavy atom. The third-order valence-electron chi connectivity index (χ3n) is 4.64. The quantitative estimate of drug-likeness (QED) is 0.724. The zero-order chi connectivity index (χ0) is 17.1. The van der Waals surface area contributed by atoms with Gasteiger partial charge in [-0.2, -0.15) is 0 Å². The normalized spacial score (nSPS) is 16.8. The fraction of sp³-hybridized carbons (Fsp3) is 0.471. The highest BCUT2D eigenvalue weighted by molar-refractivity contribution is 7.71. The van der Waals surface area contributed by atoms with Crippen LogP contribution in [0.5, 0.6) is 0 Å². The van der Waals surface area contributed by atoms with Crippen LogP contribution in [0.25, 0.3) is 11.1 Å². The lowest BCUT2D eigenvalue weighted by Gasteiger charge is -2.30. The van der Waals surface area contributed by atoms with Crippen LogP contribution >= 0.6 is 12.2 Å². The molecule has 4 N–H and O–H groups in total. The van der Waals surface area contributed by atoms with Crippen LogP contribution in [-0.4, -0.2) is 22.8 Å². The summed E-state index contributed by atoms with van der Waals surface area (Å²) in [4.78, 5) is 27.1. The van der Waals surface area contributed by atoms with E-state index in [1.54, 1.807) is 18.2 Å². The predicted molar refractivity (Wildman–Crippen MR) is 93.0 cm³/mol. The lowest BCUT2D eigenvalue weighted by Crippen LogP contribution is -2.43. The third kappa shape index (κ3) is 3.84. The molecule has 7 heteroatoms. The number of fused-ring (bicyclic) bond motifs is 1. The minimum absolute atomic E-state index is 0.170. The summed E-state index contributed by atoms with van der Waals surface area (Å²) < 4.78 is 5.35. The lowest BCUT2D eigenvalue weighted by atomic mass is 9.82. The highest BCUT2D eigenvalue weighted by atomic mass is 32.1. The average molecular weight is 347 g/mol. The Hall–Kier alpha value is -2.15. The summed E-state index contributed by atoms with van der Waals surface area (Å²) in [5.74, 6) is -0.316. The Morgan fingerprint density at radius 2 is 2.08 bits per heavy atom. The van der Waals surface area contributed by atoms with Gasteiger partial charge >= 0.3 is 0 Å². The van der Waals surface area contributed by atoms with Crippen molar-refractivity contribution in [3.8, 4) is 0 Å². The Kier molecular flexibility index (Phi) is 4.99. The molecular weight excluding hydrogens is 326 g/mol. The highest BCUT2D eigenvalue weighted by Crippen LogP contribution is 2.28. The van der Waals surface area contributed by atoms with Crippen molar-refractivity contribution in [1.82, 2.24) is 10.3 Å². The highest BCUT2D eigenvalue weighted by Gasteiger charge is 2.27. The van der Waals surface area contributed by atoms with Gasteiger partial charge in [-0.05, 0) is 49.2 Å². The summed E-state index contributed by atoms with van der Waals surface area (Å²) in [5, 5.41) is 2.99. The first-order valence-corrected chi connectivity index (χ1v) is 8.66. The van der Waals surface area contributed by atoms with Crippen LogP contribution in [0.4, 0.5) is 0 Å². The van der Waals surface area contributed by atoms with Gasteiger partial charge in [0.15, 0.2) is 5.58 Å². The van der Waals surface area contributed by atoms with Crippen molar-refractivity contribution in [2.75, 3.05) is 0 Å². The Labute approximate surface area is 144 Å². The van der Waals surface area contributed by atoms with Crippen LogP contribution in [0, 0.1) is 10.8 Å². The van der Waals surface area contributed by atoms with Crippen LogP contribution in [0.2, 0.25) is 0 Å². The molecule has 1 aliphatic rings. The molecule has 0 unspecified atom stereocenters. The van der Waals surface area contributed by atoms with Crippen LogP contribution < -0.4 is 11.1 Å². The van der Waals surface area contributed by atoms with Gasteiger partial charge in [0.2, 0.25) is 5.91 Å². The van der Waals surface area contributed by atoms with E-state index in [4.69, 9.17) is 22.4 Å². The lowest BCUT2D eigenvalue weighted by molar-refractivity contribution is -0.118. The van der Waals surface area contributed by atoms with E-state index in [1.165, 1.54) is 6.42 Å². The molecule has 0 radical (unpaired) electrons. The molecular formula is C17H21N3O3S. The molecule has 6 nitrogen and oxygen atoms in total. The number of aromatic nitrogens is 1. The first-order valence-electron chi connectivity index (χ1n) is 8.25. The van der Waals surface area contributed by atoms with Gasteiger partial charge in [0.25, 0.3) is 10.7 Å². The van der Waals surface area contributed by atoms with Gasteiger partial charge in [-0.3, -0.25) is 9.59 Å². The van der Waals surface area contributed by atoms with E-state index in [0.29, 0.717) is 17.1 Å². The zero-order valence-electron chi connectivity index (χ0n) is 13.3. The van der Waals surface area contributed by atoms with E-state index in [9.17, 15) is 9.59 Å². The van der Waals surface area contributed by atoms with Gasteiger partial charge in [-0.15, -0.1) is 0 Å². The number of rotatable bonds is 5. The first-order chi connectivity index (χ1) is 11.5. The molecule has 0 saturated heterocycles. The van der Waals surface area contributed by atoms with Crippen LogP contribution in [0.15, 0.2) is 22.6 Å². The summed E-state index contributed by atoms with van der Waals surface area (Å²) in [6, 6.07) is 4.90. The number of aromatic amines is 1. The number of carbonyl (C=O) groups excluding carboxylic acids is 2. The topological polar surface area (TPSA) is 101 Å². The van der Waals surface area contributed by atoms with Gasteiger partial charge in [0, 0.05) is 18.0 Å². The second-order valence-corrected chi connectivity index (χ2v) is 6.74. The standard InChI is InChI=1S/C17H21N3O3S/c18-15(21)9-13(10-4-2-1-3-5-10)19-16(22)11-6-7-12-14(8-11)23-17(24)20-12/h6-8,10,13H,1-5,9H2,(H2,18,21)(H,19,22)(H,20,24)/t13-/m1/s1. The number of nitrogens with two attached hydrogens (primary N) is 1. The molecule has 0 spiro atoms. The number of hydrogen-bond donors (Lipinski definition) is 3. The molecule has 1 aliphatic carbocycles. The molecule has 0 bridgehead atoms. The van der Waals surface area contributed by atoms with Crippen molar-refractivity contribution in [1.29, 1.82) is 0 Å². The number of amides is 2. The summed E-state index contributed by atoms with van der Waals surface area (Å²) >= 11 is 4.95. The first kappa shape index (κ1) is 16.7. The number of carbonyl (C=O) groups is 2. The smallest absolute Gasteiger partial charge is 0.266 e. The van der Waals surface area contributed by atoms with Crippen molar-refractivity contribution in [2.45, 2.75) is 44.6 Å². The van der Waals surface area contributed by atoms with Gasteiger partial charge in [0.1, 0.15) is 0 Å². The second-order valence-electron chi connectivity index (χ2n) is 6.37. The van der Waals surface area contributed by atoms with E-state index in [2.05, 4.69) is 10.3 Å². The Morgan fingerprint density at radius 3 is 2.79 bits per heavy atom. The second kappa shape index (κ2) is 7.17. The molecule has 1 saturated carbocycles. The Balaban J connectivity index is 1.77. The number of oxazole rings is 1. The van der Waals surface area contributed by atoms with Crippen molar-refractivity contribution in [3.63, 3.8) is 0 Å². The largest absolute Gasteiger partial charge is 0.429 e. The minimum atomic E-state index is -0.391. The van der Waals surface area contributed by atoms with E-state index in [-0.39, 0.29) is 23.2 Å². The monoisotopic (exact) mass is 347 g/mol. The van der Waals surface area contributed by atoms with Crippen molar-refractivity contribution < 1.29 is 14.0 Å². The van der Waals surface area contributed by atoms with Crippen LogP contribution in [0.3, 0.4) is 0 Å². The predicted octanol–water partition coefficient (Wildman–Crippen LogP) is 3.04. The van der Waals surface area contributed by atoms with Crippen molar-refractivity contribution >= 4 is 35.1 Å². The molecule has 2 amide bonds. The molecule has 24 heavy (non-hydrogen) atoms. The maximum Gasteiger partial charge on any atom is 0.266 e. The molecule has 1 heterocycles. The van der Waals surface area contributed by atoms with Gasteiger partial charge in [0.05, 0.1) is 5.52 Å². The van der Waals surface area contributed by atoms with Gasteiger partial charge < -0.3 is 20.5 Å². The zero-order valence-corrected chi connectivity index (χ0v) is 14.2. The summed E-state index contributed by atoms with van der Waals surface area (Å²) in [5.41, 5.74) is 7.13. The fourth-order valence-electron chi connectivity index (χ4n) is 3.43. The number of hydrogen-bond acceptors (Lipinski definition) is 4. The maximum absolute atomic E-state index is 12.6. The molecule has 1 atom stereocenters. The molecule has 3 rings (SSSR count). The summed E-state index contributed by atoms with van der Waals surface area (Å²) in [6.07, 6.45) is 5.68. The average Bonchev–Trinajstić information content (AvgIpc) is 2.93. The molecule has 0 aliphatic heterocycles. The molecule has 1 aromatic heterocycles. The van der Waals surface area contributed by atoms with Crippen molar-refractivity contribution in [2.24, 2.45) is 11.7 Å². The molecule has 1 aromatic carbocycles. The Bertz CT molecular complexity index is 805. The van der Waals surface area contributed by atoms with E-state index >= 15 is 0 Å². The third-order valence-corrected chi connectivity index (χ3v) is 4.83. The number of benzene rings is 1. The van der Waals surface area contributed by atoms with Gasteiger partial charge in [-0.25, -0.2) is 0 Å². The van der Waals surface area contributed by atoms with E-state index in [1.807, 2.05) is 0 Å². The maximum atomic E-state index is 12.6. The van der Waals surface area contributed by atoms with Crippen LogP contribution in [0.1, 0.15) is 48.9 Å². The molecule has 1 fully saturated rings. The molecule has 128 valence electrons. The minimum Gasteiger partial charge on any atom is -0.429 e. The SMILES string of the molecule is NC(=O)C[C@@H](NC(=O)c1ccc2[nH]c(=S)oc2c1)C1CCCCC1. The summed E-state index contributed by atoms with van der Waals surface area (Å²) in [6.45, 7) is 0. The number of primary amides is 1. The van der Waals surface area contributed by atoms with Crippen molar-refractivity contribution in [3.05, 3.63) is 28.6 Å². The van der Waals surface area contributed by atoms with E-state index < -0.39 is 5.91 Å². The fourth-order valence-corrected chi connectivity index (χ4v) is 3.63. The summed E-state index contributed by atoms with van der Waals surface area (Å²) in [7, 11) is 0. The number of nitrogens with one attached hydrogen (secondary N) is 2.